The van der Waals surface area contributed by atoms with Crippen LogP contribution in [0.4, 0.5) is 0 Å². The Kier molecular flexibility index (Phi) is 5.94. The third kappa shape index (κ3) is 4.91. The van der Waals surface area contributed by atoms with Crippen molar-refractivity contribution in [2.24, 2.45) is 5.92 Å². The number of carbonyl (C=O) groups is 2. The van der Waals surface area contributed by atoms with Crippen LogP contribution < -0.4 is 5.32 Å². The molecule has 110 valence electrons. The number of hydrogen-bond donors (Lipinski definition) is 1. The van der Waals surface area contributed by atoms with Crippen molar-refractivity contribution in [2.45, 2.75) is 39.8 Å². The number of nitrogens with zero attached hydrogens (tertiary/aromatic N) is 2. The second-order valence-corrected chi connectivity index (χ2v) is 5.98. The lowest BCUT2D eigenvalue weighted by Gasteiger charge is -2.38. The first-order valence-electron chi connectivity index (χ1n) is 7.03. The van der Waals surface area contributed by atoms with Gasteiger partial charge in [-0.3, -0.25) is 14.5 Å². The van der Waals surface area contributed by atoms with Gasteiger partial charge in [0.05, 0.1) is 12.6 Å². The molecule has 0 bridgehead atoms. The Morgan fingerprint density at radius 3 is 2.42 bits per heavy atom. The van der Waals surface area contributed by atoms with E-state index < -0.39 is 0 Å². The molecule has 2 atom stereocenters. The first-order valence-corrected chi connectivity index (χ1v) is 7.03. The quantitative estimate of drug-likeness (QED) is 0.782. The van der Waals surface area contributed by atoms with Crippen LogP contribution in [0.3, 0.4) is 0 Å². The van der Waals surface area contributed by atoms with Gasteiger partial charge >= 0.3 is 0 Å². The van der Waals surface area contributed by atoms with Gasteiger partial charge in [0.2, 0.25) is 5.91 Å². The second-order valence-electron chi connectivity index (χ2n) is 5.98. The predicted molar refractivity (Wildman–Crippen MR) is 76.0 cm³/mol. The first kappa shape index (κ1) is 16.1. The van der Waals surface area contributed by atoms with E-state index in [0.717, 1.165) is 19.6 Å². The largest absolute Gasteiger partial charge is 0.345 e. The summed E-state index contributed by atoms with van der Waals surface area (Å²) in [5, 5.41) is 2.85. The Bertz CT molecular complexity index is 331. The standard InChI is InChI=1S/C14H27N3O2/c1-10(2)14(12(4)18)15-13(19)9-17-7-6-16(5)8-11(17)3/h10-11,14H,6-9H2,1-5H3,(H,15,19). The Morgan fingerprint density at radius 2 is 1.95 bits per heavy atom. The maximum atomic E-state index is 12.0. The minimum Gasteiger partial charge on any atom is -0.345 e. The SMILES string of the molecule is CC(=O)C(NC(=O)CN1CCN(C)CC1C)C(C)C. The Labute approximate surface area is 116 Å². The Hall–Kier alpha value is -0.940. The van der Waals surface area contributed by atoms with E-state index >= 15 is 0 Å². The lowest BCUT2D eigenvalue weighted by Crippen LogP contribution is -2.54. The Morgan fingerprint density at radius 1 is 1.32 bits per heavy atom. The molecule has 0 radical (unpaired) electrons. The minimum atomic E-state index is -0.365. The summed E-state index contributed by atoms with van der Waals surface area (Å²) in [4.78, 5) is 28.0. The molecular formula is C14H27N3O2. The van der Waals surface area contributed by atoms with Gasteiger partial charge in [0.25, 0.3) is 0 Å². The molecule has 1 amide bonds. The van der Waals surface area contributed by atoms with E-state index in [1.807, 2.05) is 13.8 Å². The highest BCUT2D eigenvalue weighted by atomic mass is 16.2. The van der Waals surface area contributed by atoms with Crippen molar-refractivity contribution in [1.29, 1.82) is 0 Å². The molecule has 1 saturated heterocycles. The first-order chi connectivity index (χ1) is 8.81. The van der Waals surface area contributed by atoms with E-state index in [2.05, 4.69) is 29.1 Å². The van der Waals surface area contributed by atoms with E-state index in [4.69, 9.17) is 0 Å². The van der Waals surface area contributed by atoms with Crippen molar-refractivity contribution in [3.05, 3.63) is 0 Å². The van der Waals surface area contributed by atoms with Crippen LogP contribution in [0.25, 0.3) is 0 Å². The van der Waals surface area contributed by atoms with Gasteiger partial charge in [-0.15, -0.1) is 0 Å². The maximum Gasteiger partial charge on any atom is 0.234 e. The van der Waals surface area contributed by atoms with Crippen molar-refractivity contribution >= 4 is 11.7 Å². The summed E-state index contributed by atoms with van der Waals surface area (Å²) in [6, 6.07) is 0.00889. The van der Waals surface area contributed by atoms with Gasteiger partial charge in [0.15, 0.2) is 5.78 Å². The van der Waals surface area contributed by atoms with Crippen LogP contribution in [0.1, 0.15) is 27.7 Å². The molecule has 5 nitrogen and oxygen atoms in total. The zero-order chi connectivity index (χ0) is 14.6. The van der Waals surface area contributed by atoms with Crippen LogP contribution >= 0.6 is 0 Å². The predicted octanol–water partition coefficient (Wildman–Crippen LogP) is 0.352. The molecular weight excluding hydrogens is 242 g/mol. The third-order valence-corrected chi connectivity index (χ3v) is 3.74. The number of hydrogen-bond acceptors (Lipinski definition) is 4. The molecule has 1 rings (SSSR count). The summed E-state index contributed by atoms with van der Waals surface area (Å²) in [6.07, 6.45) is 0. The average molecular weight is 269 g/mol. The lowest BCUT2D eigenvalue weighted by atomic mass is 10.0. The van der Waals surface area contributed by atoms with Gasteiger partial charge in [-0.05, 0) is 26.8 Å². The van der Waals surface area contributed by atoms with E-state index in [9.17, 15) is 9.59 Å². The smallest absolute Gasteiger partial charge is 0.234 e. The van der Waals surface area contributed by atoms with Gasteiger partial charge in [-0.2, -0.15) is 0 Å². The molecule has 19 heavy (non-hydrogen) atoms. The summed E-state index contributed by atoms with van der Waals surface area (Å²) < 4.78 is 0. The number of likely N-dealkylation sites (N-methyl/N-ethyl adjacent to an activating group) is 1. The molecule has 1 aliphatic heterocycles. The molecule has 0 saturated carbocycles. The van der Waals surface area contributed by atoms with Gasteiger partial charge in [-0.1, -0.05) is 13.8 Å². The number of rotatable bonds is 5. The van der Waals surface area contributed by atoms with E-state index in [1.54, 1.807) is 0 Å². The highest BCUT2D eigenvalue weighted by molar-refractivity contribution is 5.88. The third-order valence-electron chi connectivity index (χ3n) is 3.74. The molecule has 2 unspecified atom stereocenters. The van der Waals surface area contributed by atoms with Gasteiger partial charge in [-0.25, -0.2) is 0 Å². The lowest BCUT2D eigenvalue weighted by molar-refractivity contribution is -0.129. The number of nitrogens with one attached hydrogen (secondary N) is 1. The topological polar surface area (TPSA) is 52.7 Å². The van der Waals surface area contributed by atoms with Crippen LogP contribution in [-0.2, 0) is 9.59 Å². The normalized spacial score (nSPS) is 23.4. The van der Waals surface area contributed by atoms with Crippen LogP contribution in [-0.4, -0.2) is 66.8 Å². The fraction of sp³-hybridized carbons (Fsp3) is 0.857. The fourth-order valence-electron chi connectivity index (χ4n) is 2.55. The molecule has 1 aliphatic rings. The second kappa shape index (κ2) is 7.01. The highest BCUT2D eigenvalue weighted by Crippen LogP contribution is 2.08. The summed E-state index contributed by atoms with van der Waals surface area (Å²) in [6.45, 7) is 10.8. The van der Waals surface area contributed by atoms with E-state index in [-0.39, 0.29) is 23.7 Å². The molecule has 0 aliphatic carbocycles. The molecule has 1 heterocycles. The van der Waals surface area contributed by atoms with Gasteiger partial charge < -0.3 is 10.2 Å². The van der Waals surface area contributed by atoms with Crippen molar-refractivity contribution in [3.8, 4) is 0 Å². The van der Waals surface area contributed by atoms with Crippen molar-refractivity contribution < 1.29 is 9.59 Å². The number of Topliss-reactive ketones (excluding diaryl/α,β-unsaturated/α-hetero) is 1. The van der Waals surface area contributed by atoms with Crippen LogP contribution in [0, 0.1) is 5.92 Å². The van der Waals surface area contributed by atoms with Crippen LogP contribution in [0.5, 0.6) is 0 Å². The number of ketones is 1. The molecule has 1 N–H and O–H groups in total. The number of piperazine rings is 1. The van der Waals surface area contributed by atoms with Crippen LogP contribution in [0.15, 0.2) is 0 Å². The molecule has 0 aromatic rings. The average Bonchev–Trinajstić information content (AvgIpc) is 2.29. The van der Waals surface area contributed by atoms with Crippen molar-refractivity contribution in [2.75, 3.05) is 33.2 Å². The minimum absolute atomic E-state index is 0.0229. The summed E-state index contributed by atoms with van der Waals surface area (Å²) >= 11 is 0. The number of amides is 1. The number of carbonyl (C=O) groups excluding carboxylic acids is 2. The zero-order valence-corrected chi connectivity index (χ0v) is 12.8. The molecule has 0 spiro atoms. The molecule has 0 aromatic heterocycles. The summed E-state index contributed by atoms with van der Waals surface area (Å²) in [5.74, 6) is 0.103. The van der Waals surface area contributed by atoms with Crippen molar-refractivity contribution in [3.63, 3.8) is 0 Å². The van der Waals surface area contributed by atoms with Gasteiger partial charge in [0, 0.05) is 25.7 Å². The molecule has 1 fully saturated rings. The zero-order valence-electron chi connectivity index (χ0n) is 12.8. The van der Waals surface area contributed by atoms with Crippen molar-refractivity contribution in [1.82, 2.24) is 15.1 Å². The van der Waals surface area contributed by atoms with Gasteiger partial charge in [0.1, 0.15) is 0 Å². The maximum absolute atomic E-state index is 12.0. The molecule has 0 aromatic carbocycles. The summed E-state index contributed by atoms with van der Waals surface area (Å²) in [7, 11) is 2.10. The van der Waals surface area contributed by atoms with Crippen LogP contribution in [0.2, 0.25) is 0 Å². The molecule has 5 heteroatoms. The Balaban J connectivity index is 2.48. The van der Waals surface area contributed by atoms with E-state index in [0.29, 0.717) is 12.6 Å². The monoisotopic (exact) mass is 269 g/mol. The van der Waals surface area contributed by atoms with E-state index in [1.165, 1.54) is 6.92 Å². The highest BCUT2D eigenvalue weighted by Gasteiger charge is 2.25. The summed E-state index contributed by atoms with van der Waals surface area (Å²) in [5.41, 5.74) is 0. The fourth-order valence-corrected chi connectivity index (χ4v) is 2.55.